The number of alkyl halides is 1. The number of rotatable bonds is 0. The first kappa shape index (κ1) is 13.7. The van der Waals surface area contributed by atoms with Crippen LogP contribution in [0.25, 0.3) is 0 Å². The lowest BCUT2D eigenvalue weighted by molar-refractivity contribution is 0.341. The van der Waals surface area contributed by atoms with Gasteiger partial charge in [0.1, 0.15) is 0 Å². The lowest BCUT2D eigenvalue weighted by Crippen LogP contribution is -2.33. The summed E-state index contributed by atoms with van der Waals surface area (Å²) in [7, 11) is 2.17. The van der Waals surface area contributed by atoms with Crippen molar-refractivity contribution in [1.29, 1.82) is 0 Å². The van der Waals surface area contributed by atoms with E-state index >= 15 is 0 Å². The molecule has 0 radical (unpaired) electrons. The molecule has 0 saturated heterocycles. The Morgan fingerprint density at radius 3 is 2.94 bits per heavy atom. The number of nitrogens with zero attached hydrogens (tertiary/aromatic N) is 1. The van der Waals surface area contributed by atoms with Crippen LogP contribution in [0, 0.1) is 0 Å². The van der Waals surface area contributed by atoms with Gasteiger partial charge in [0, 0.05) is 24.5 Å². The molecule has 0 aromatic heterocycles. The summed E-state index contributed by atoms with van der Waals surface area (Å²) in [5.41, 5.74) is 5.39. The highest BCUT2D eigenvalue weighted by Gasteiger charge is 2.18. The maximum Gasteiger partial charge on any atom is 0.0524 e. The minimum atomic E-state index is 0.153. The molecule has 18 heavy (non-hydrogen) atoms. The van der Waals surface area contributed by atoms with Crippen molar-refractivity contribution in [3.8, 4) is 0 Å². The fourth-order valence-electron chi connectivity index (χ4n) is 2.65. The molecule has 2 nitrogen and oxygen atoms in total. The third kappa shape index (κ3) is 3.39. The molecule has 1 atom stereocenters. The van der Waals surface area contributed by atoms with E-state index < -0.39 is 0 Å². The van der Waals surface area contributed by atoms with E-state index in [9.17, 15) is 0 Å². The molecule has 0 fully saturated rings. The highest BCUT2D eigenvalue weighted by Crippen LogP contribution is 2.25. The largest absolute Gasteiger partial charge is 0.362 e. The summed E-state index contributed by atoms with van der Waals surface area (Å²) >= 11 is 6.36. The average Bonchev–Trinajstić information content (AvgIpc) is 2.27. The number of hydrogen-bond donors (Lipinski definition) is 1. The van der Waals surface area contributed by atoms with Crippen LogP contribution in [-0.2, 0) is 0 Å². The molecular formula is C15H23ClN2. The van der Waals surface area contributed by atoms with Crippen molar-refractivity contribution in [3.63, 3.8) is 0 Å². The second-order valence-electron chi connectivity index (χ2n) is 5.40. The van der Waals surface area contributed by atoms with Crippen LogP contribution in [-0.4, -0.2) is 30.4 Å². The van der Waals surface area contributed by atoms with Crippen LogP contribution in [0.1, 0.15) is 33.1 Å². The molecule has 2 aliphatic rings. The second kappa shape index (κ2) is 5.94. The summed E-state index contributed by atoms with van der Waals surface area (Å²) in [5, 5.41) is 3.73. The summed E-state index contributed by atoms with van der Waals surface area (Å²) in [6.45, 7) is 6.46. The molecule has 1 unspecified atom stereocenters. The molecule has 2 rings (SSSR count). The van der Waals surface area contributed by atoms with Gasteiger partial charge in [-0.25, -0.2) is 0 Å². The number of halogens is 1. The van der Waals surface area contributed by atoms with E-state index in [1.165, 1.54) is 22.5 Å². The zero-order valence-corrected chi connectivity index (χ0v) is 12.3. The molecule has 0 saturated carbocycles. The molecule has 0 amide bonds. The Kier molecular flexibility index (Phi) is 4.52. The van der Waals surface area contributed by atoms with Crippen LogP contribution < -0.4 is 5.32 Å². The van der Waals surface area contributed by atoms with Crippen molar-refractivity contribution in [2.24, 2.45) is 0 Å². The van der Waals surface area contributed by atoms with Gasteiger partial charge in [0.15, 0.2) is 0 Å². The van der Waals surface area contributed by atoms with Crippen molar-refractivity contribution in [2.75, 3.05) is 20.1 Å². The molecule has 0 aliphatic carbocycles. The quantitative estimate of drug-likeness (QED) is 0.676. The van der Waals surface area contributed by atoms with E-state index in [0.29, 0.717) is 0 Å². The number of allylic oxidation sites excluding steroid dienone is 4. The van der Waals surface area contributed by atoms with Gasteiger partial charge in [0.25, 0.3) is 0 Å². The maximum absolute atomic E-state index is 6.36. The summed E-state index contributed by atoms with van der Waals surface area (Å²) in [6.07, 6.45) is 7.63. The average molecular weight is 267 g/mol. The highest BCUT2D eigenvalue weighted by atomic mass is 35.5. The van der Waals surface area contributed by atoms with E-state index in [-0.39, 0.29) is 5.38 Å². The monoisotopic (exact) mass is 266 g/mol. The van der Waals surface area contributed by atoms with Crippen LogP contribution in [0.5, 0.6) is 0 Å². The molecule has 2 heterocycles. The van der Waals surface area contributed by atoms with Crippen molar-refractivity contribution in [1.82, 2.24) is 10.2 Å². The fraction of sp³-hybridized carbons (Fsp3) is 0.600. The van der Waals surface area contributed by atoms with Gasteiger partial charge in [-0.15, -0.1) is 11.6 Å². The molecule has 0 aromatic rings. The second-order valence-corrected chi connectivity index (χ2v) is 5.96. The van der Waals surface area contributed by atoms with Gasteiger partial charge < -0.3 is 10.2 Å². The molecule has 0 bridgehead atoms. The minimum Gasteiger partial charge on any atom is -0.362 e. The zero-order chi connectivity index (χ0) is 13.1. The van der Waals surface area contributed by atoms with Gasteiger partial charge in [-0.3, -0.25) is 0 Å². The molecular weight excluding hydrogens is 244 g/mol. The summed E-state index contributed by atoms with van der Waals surface area (Å²) < 4.78 is 0. The van der Waals surface area contributed by atoms with Gasteiger partial charge in [-0.05, 0) is 51.3 Å². The predicted molar refractivity (Wildman–Crippen MR) is 78.7 cm³/mol. The topological polar surface area (TPSA) is 15.3 Å². The van der Waals surface area contributed by atoms with E-state index in [2.05, 4.69) is 43.3 Å². The third-order valence-electron chi connectivity index (χ3n) is 3.68. The molecule has 0 spiro atoms. The van der Waals surface area contributed by atoms with Gasteiger partial charge >= 0.3 is 0 Å². The molecule has 3 heteroatoms. The van der Waals surface area contributed by atoms with E-state index in [1.807, 2.05) is 0 Å². The highest BCUT2D eigenvalue weighted by molar-refractivity contribution is 6.21. The Morgan fingerprint density at radius 2 is 2.17 bits per heavy atom. The van der Waals surface area contributed by atoms with E-state index in [4.69, 9.17) is 11.6 Å². The lowest BCUT2D eigenvalue weighted by Gasteiger charge is -2.30. The van der Waals surface area contributed by atoms with E-state index in [1.54, 1.807) is 0 Å². The SMILES string of the molecule is C/C1=C\CCC(Cl)/C=C(\C)C2=C(CN(C)CC2)N1. The summed E-state index contributed by atoms with van der Waals surface area (Å²) in [6, 6.07) is 0. The van der Waals surface area contributed by atoms with Crippen molar-refractivity contribution < 1.29 is 0 Å². The standard InChI is InChI=1S/C15H23ClN2/c1-11-9-13(16)6-4-5-12(2)17-15-10-18(3)8-7-14(11)15/h5,9,13,17H,4,6-8,10H2,1-3H3/b11-9+,12-5+. The van der Waals surface area contributed by atoms with Crippen LogP contribution in [0.15, 0.2) is 34.7 Å². The fourth-order valence-corrected chi connectivity index (χ4v) is 2.97. The van der Waals surface area contributed by atoms with Crippen LogP contribution in [0.2, 0.25) is 0 Å². The lowest BCUT2D eigenvalue weighted by atomic mass is 9.96. The molecule has 2 aliphatic heterocycles. The van der Waals surface area contributed by atoms with Crippen LogP contribution >= 0.6 is 11.6 Å². The molecule has 0 aromatic carbocycles. The van der Waals surface area contributed by atoms with Gasteiger partial charge in [-0.1, -0.05) is 12.2 Å². The zero-order valence-electron chi connectivity index (χ0n) is 11.6. The Hall–Kier alpha value is -0.730. The first-order valence-electron chi connectivity index (χ1n) is 6.73. The van der Waals surface area contributed by atoms with Crippen molar-refractivity contribution >= 4 is 11.6 Å². The predicted octanol–water partition coefficient (Wildman–Crippen LogP) is 3.42. The molecule has 1 N–H and O–H groups in total. The maximum atomic E-state index is 6.36. The van der Waals surface area contributed by atoms with Gasteiger partial charge in [0.2, 0.25) is 0 Å². The van der Waals surface area contributed by atoms with E-state index in [0.717, 1.165) is 32.4 Å². The molecule has 100 valence electrons. The minimum absolute atomic E-state index is 0.153. The Labute approximate surface area is 115 Å². The van der Waals surface area contributed by atoms with Crippen molar-refractivity contribution in [3.05, 3.63) is 34.7 Å². The normalized spacial score (nSPS) is 32.8. The first-order valence-corrected chi connectivity index (χ1v) is 7.17. The van der Waals surface area contributed by atoms with Crippen LogP contribution in [0.4, 0.5) is 0 Å². The smallest absolute Gasteiger partial charge is 0.0524 e. The van der Waals surface area contributed by atoms with Gasteiger partial charge in [-0.2, -0.15) is 0 Å². The number of hydrogen-bond acceptors (Lipinski definition) is 2. The third-order valence-corrected chi connectivity index (χ3v) is 4.03. The summed E-state index contributed by atoms with van der Waals surface area (Å²) in [4.78, 5) is 2.36. The Morgan fingerprint density at radius 1 is 1.39 bits per heavy atom. The Balaban J connectivity index is 2.36. The van der Waals surface area contributed by atoms with Crippen molar-refractivity contribution in [2.45, 2.75) is 38.5 Å². The first-order chi connectivity index (χ1) is 8.56. The van der Waals surface area contributed by atoms with Crippen LogP contribution in [0.3, 0.4) is 0 Å². The number of likely N-dealkylation sites (N-methyl/N-ethyl adjacent to an activating group) is 1. The summed E-state index contributed by atoms with van der Waals surface area (Å²) in [5.74, 6) is 0. The number of nitrogens with one attached hydrogen (secondary N) is 1. The Bertz CT molecular complexity index is 407. The van der Waals surface area contributed by atoms with Gasteiger partial charge in [0.05, 0.1) is 5.38 Å².